The predicted octanol–water partition coefficient (Wildman–Crippen LogP) is 2.57. The predicted molar refractivity (Wildman–Crippen MR) is 53.6 cm³/mol. The molecule has 0 atom stereocenters. The van der Waals surface area contributed by atoms with Crippen LogP contribution in [-0.2, 0) is 4.74 Å². The molecule has 0 bridgehead atoms. The Morgan fingerprint density at radius 2 is 2.17 bits per heavy atom. The van der Waals surface area contributed by atoms with Crippen molar-refractivity contribution in [1.82, 2.24) is 0 Å². The molecule has 0 N–H and O–H groups in total. The van der Waals surface area contributed by atoms with E-state index in [9.17, 15) is 0 Å². The van der Waals surface area contributed by atoms with Gasteiger partial charge in [-0.2, -0.15) is 0 Å². The molecule has 1 aliphatic heterocycles. The van der Waals surface area contributed by atoms with Crippen molar-refractivity contribution in [3.63, 3.8) is 0 Å². The third kappa shape index (κ3) is 3.49. The first-order valence-corrected chi connectivity index (χ1v) is 4.26. The summed E-state index contributed by atoms with van der Waals surface area (Å²) in [6.45, 7) is 6.60. The molecule has 0 aliphatic carbocycles. The zero-order valence-electron chi connectivity index (χ0n) is 8.29. The van der Waals surface area contributed by atoms with Gasteiger partial charge in [-0.3, -0.25) is 4.99 Å². The van der Waals surface area contributed by atoms with Gasteiger partial charge in [0.2, 0.25) is 0 Å². The molecule has 68 valence electrons. The van der Waals surface area contributed by atoms with Crippen molar-refractivity contribution >= 4 is 6.21 Å². The van der Waals surface area contributed by atoms with Gasteiger partial charge in [-0.05, 0) is 18.6 Å². The normalized spacial score (nSPS) is 17.3. The lowest BCUT2D eigenvalue weighted by atomic mass is 10.3. The number of aliphatic imine (C=N–C) groups is 1. The molecule has 2 heteroatoms. The lowest BCUT2D eigenvalue weighted by Gasteiger charge is -1.92. The largest absolute Gasteiger partial charge is 0.378 e. The van der Waals surface area contributed by atoms with Crippen LogP contribution in [0.4, 0.5) is 0 Å². The Labute approximate surface area is 74.7 Å². The molecule has 0 aromatic carbocycles. The highest BCUT2D eigenvalue weighted by Crippen LogP contribution is 2.09. The summed E-state index contributed by atoms with van der Waals surface area (Å²) in [5.41, 5.74) is 2.16. The van der Waals surface area contributed by atoms with E-state index in [0.29, 0.717) is 6.61 Å². The smallest absolute Gasteiger partial charge is 0.0884 e. The van der Waals surface area contributed by atoms with E-state index in [-0.39, 0.29) is 0 Å². The van der Waals surface area contributed by atoms with Crippen LogP contribution in [-0.4, -0.2) is 19.9 Å². The Bertz CT molecular complexity index is 202. The molecule has 0 amide bonds. The van der Waals surface area contributed by atoms with Gasteiger partial charge < -0.3 is 4.74 Å². The van der Waals surface area contributed by atoms with Crippen molar-refractivity contribution in [2.75, 3.05) is 13.7 Å². The minimum atomic E-state index is 0.605. The van der Waals surface area contributed by atoms with Crippen LogP contribution in [0.1, 0.15) is 20.8 Å². The first-order valence-electron chi connectivity index (χ1n) is 4.26. The number of nitrogens with zero attached hydrogens (tertiary/aromatic N) is 1. The van der Waals surface area contributed by atoms with E-state index in [1.165, 1.54) is 0 Å². The van der Waals surface area contributed by atoms with Crippen molar-refractivity contribution in [2.45, 2.75) is 20.8 Å². The maximum atomic E-state index is 4.91. The summed E-state index contributed by atoms with van der Waals surface area (Å²) in [7, 11) is 1.67. The van der Waals surface area contributed by atoms with Crippen LogP contribution in [0, 0.1) is 0 Å². The number of hydrogen-bond donors (Lipinski definition) is 0. The Kier molecular flexibility index (Phi) is 6.29. The second-order valence-electron chi connectivity index (χ2n) is 2.12. The number of ether oxygens (including phenoxy) is 1. The Morgan fingerprint density at radius 3 is 2.58 bits per heavy atom. The van der Waals surface area contributed by atoms with Crippen molar-refractivity contribution < 1.29 is 4.74 Å². The van der Waals surface area contributed by atoms with Crippen molar-refractivity contribution in [1.29, 1.82) is 0 Å². The summed E-state index contributed by atoms with van der Waals surface area (Å²) in [4.78, 5) is 4.12. The molecule has 0 saturated heterocycles. The Hall–Kier alpha value is -0.890. The highest BCUT2D eigenvalue weighted by Gasteiger charge is 2.00. The fourth-order valence-corrected chi connectivity index (χ4v) is 0.809. The summed E-state index contributed by atoms with van der Waals surface area (Å²) in [6, 6.07) is 0. The number of hydrogen-bond acceptors (Lipinski definition) is 2. The third-order valence-corrected chi connectivity index (χ3v) is 1.34. The lowest BCUT2D eigenvalue weighted by Crippen LogP contribution is -1.87. The quantitative estimate of drug-likeness (QED) is 0.619. The summed E-state index contributed by atoms with van der Waals surface area (Å²) < 4.78 is 4.91. The molecule has 0 aromatic rings. The first-order chi connectivity index (χ1) is 5.86. The lowest BCUT2D eigenvalue weighted by molar-refractivity contribution is 0.225. The molecule has 0 fully saturated rings. The van der Waals surface area contributed by atoms with Gasteiger partial charge >= 0.3 is 0 Å². The minimum absolute atomic E-state index is 0.605. The van der Waals surface area contributed by atoms with Crippen LogP contribution < -0.4 is 0 Å². The SMILES string of the molecule is C/C=C1\C=NC(COC)=C1.CC. The van der Waals surface area contributed by atoms with Crippen molar-refractivity contribution in [3.8, 4) is 0 Å². The average molecular weight is 167 g/mol. The highest BCUT2D eigenvalue weighted by atomic mass is 16.5. The van der Waals surface area contributed by atoms with E-state index >= 15 is 0 Å². The molecule has 0 aromatic heterocycles. The van der Waals surface area contributed by atoms with E-state index in [1.807, 2.05) is 39.1 Å². The standard InChI is InChI=1S/C8H11NO.C2H6/c1-3-7-4-8(6-10-2)9-5-7;1-2/h3-5H,6H2,1-2H3;1-2H3/b7-3-;. The van der Waals surface area contributed by atoms with Gasteiger partial charge in [0.1, 0.15) is 0 Å². The van der Waals surface area contributed by atoms with Gasteiger partial charge in [-0.25, -0.2) is 0 Å². The molecule has 0 spiro atoms. The molecule has 1 heterocycles. The van der Waals surface area contributed by atoms with Gasteiger partial charge in [0.15, 0.2) is 0 Å². The van der Waals surface area contributed by atoms with Gasteiger partial charge in [-0.1, -0.05) is 19.9 Å². The zero-order valence-corrected chi connectivity index (χ0v) is 8.29. The highest BCUT2D eigenvalue weighted by molar-refractivity contribution is 5.86. The third-order valence-electron chi connectivity index (χ3n) is 1.34. The van der Waals surface area contributed by atoms with Crippen LogP contribution in [0.15, 0.2) is 28.4 Å². The molecule has 1 rings (SSSR count). The Morgan fingerprint density at radius 1 is 1.50 bits per heavy atom. The molecular formula is C10H17NO. The molecular weight excluding hydrogens is 150 g/mol. The van der Waals surface area contributed by atoms with Gasteiger partial charge in [0.05, 0.1) is 12.3 Å². The van der Waals surface area contributed by atoms with Crippen LogP contribution in [0.5, 0.6) is 0 Å². The van der Waals surface area contributed by atoms with Crippen LogP contribution in [0.25, 0.3) is 0 Å². The van der Waals surface area contributed by atoms with Crippen molar-refractivity contribution in [2.24, 2.45) is 4.99 Å². The first kappa shape index (κ1) is 11.1. The van der Waals surface area contributed by atoms with E-state index in [4.69, 9.17) is 4.74 Å². The number of rotatable bonds is 2. The summed E-state index contributed by atoms with van der Waals surface area (Å²) in [5.74, 6) is 0. The summed E-state index contributed by atoms with van der Waals surface area (Å²) in [5, 5.41) is 0. The second-order valence-corrected chi connectivity index (χ2v) is 2.12. The van der Waals surface area contributed by atoms with Gasteiger partial charge in [0, 0.05) is 13.3 Å². The number of methoxy groups -OCH3 is 1. The monoisotopic (exact) mass is 167 g/mol. The summed E-state index contributed by atoms with van der Waals surface area (Å²) >= 11 is 0. The molecule has 0 unspecified atom stereocenters. The zero-order chi connectivity index (χ0) is 9.40. The van der Waals surface area contributed by atoms with Crippen LogP contribution in [0.2, 0.25) is 0 Å². The average Bonchev–Trinajstić information content (AvgIpc) is 2.57. The summed E-state index contributed by atoms with van der Waals surface area (Å²) in [6.07, 6.45) is 5.88. The topological polar surface area (TPSA) is 21.6 Å². The van der Waals surface area contributed by atoms with E-state index in [1.54, 1.807) is 7.11 Å². The van der Waals surface area contributed by atoms with Gasteiger partial charge in [0.25, 0.3) is 0 Å². The number of allylic oxidation sites excluding steroid dienone is 3. The van der Waals surface area contributed by atoms with Crippen LogP contribution >= 0.6 is 0 Å². The fraction of sp³-hybridized carbons (Fsp3) is 0.500. The van der Waals surface area contributed by atoms with E-state index < -0.39 is 0 Å². The molecule has 0 saturated carbocycles. The molecule has 1 aliphatic rings. The molecule has 0 radical (unpaired) electrons. The van der Waals surface area contributed by atoms with Crippen molar-refractivity contribution in [3.05, 3.63) is 23.4 Å². The minimum Gasteiger partial charge on any atom is -0.378 e. The second kappa shape index (κ2) is 6.80. The maximum absolute atomic E-state index is 4.91. The fourth-order valence-electron chi connectivity index (χ4n) is 0.809. The maximum Gasteiger partial charge on any atom is 0.0884 e. The molecule has 12 heavy (non-hydrogen) atoms. The van der Waals surface area contributed by atoms with E-state index in [2.05, 4.69) is 4.99 Å². The van der Waals surface area contributed by atoms with Crippen LogP contribution in [0.3, 0.4) is 0 Å². The van der Waals surface area contributed by atoms with Gasteiger partial charge in [-0.15, -0.1) is 0 Å². The Balaban J connectivity index is 0.000000561. The van der Waals surface area contributed by atoms with E-state index in [0.717, 1.165) is 11.3 Å². The molecule has 2 nitrogen and oxygen atoms in total.